The van der Waals surface area contributed by atoms with Crippen molar-refractivity contribution in [2.75, 3.05) is 19.6 Å². The Bertz CT molecular complexity index is 381. The van der Waals surface area contributed by atoms with Crippen LogP contribution in [0.25, 0.3) is 0 Å². The first kappa shape index (κ1) is 14.4. The second-order valence-electron chi connectivity index (χ2n) is 5.79. The third-order valence-electron chi connectivity index (χ3n) is 3.63. The summed E-state index contributed by atoms with van der Waals surface area (Å²) in [6.45, 7) is 6.81. The van der Waals surface area contributed by atoms with Crippen LogP contribution in [0.2, 0.25) is 0 Å². The highest BCUT2D eigenvalue weighted by Crippen LogP contribution is 2.23. The van der Waals surface area contributed by atoms with E-state index in [2.05, 4.69) is 36.7 Å². The average Bonchev–Trinajstić information content (AvgIpc) is 2.89. The Kier molecular flexibility index (Phi) is 5.25. The van der Waals surface area contributed by atoms with Gasteiger partial charge in [0, 0.05) is 24.5 Å². The fourth-order valence-corrected chi connectivity index (χ4v) is 3.28. The Balaban J connectivity index is 1.71. The molecule has 106 valence electrons. The molecule has 2 amide bonds. The third-order valence-corrected chi connectivity index (χ3v) is 4.53. The van der Waals surface area contributed by atoms with Crippen molar-refractivity contribution in [1.82, 2.24) is 10.2 Å². The van der Waals surface area contributed by atoms with Gasteiger partial charge in [-0.3, -0.25) is 0 Å². The van der Waals surface area contributed by atoms with E-state index in [-0.39, 0.29) is 6.03 Å². The van der Waals surface area contributed by atoms with Gasteiger partial charge in [-0.2, -0.15) is 0 Å². The Morgan fingerprint density at radius 3 is 2.79 bits per heavy atom. The van der Waals surface area contributed by atoms with Gasteiger partial charge in [-0.15, -0.1) is 11.3 Å². The maximum atomic E-state index is 11.9. The molecule has 1 fully saturated rings. The van der Waals surface area contributed by atoms with Gasteiger partial charge in [0.25, 0.3) is 0 Å². The van der Waals surface area contributed by atoms with Crippen molar-refractivity contribution < 1.29 is 4.79 Å². The number of likely N-dealkylation sites (tertiary alicyclic amines) is 1. The fraction of sp³-hybridized carbons (Fsp3) is 0.667. The van der Waals surface area contributed by atoms with Gasteiger partial charge in [0.05, 0.1) is 0 Å². The number of rotatable bonds is 4. The number of nitrogens with zero attached hydrogens (tertiary/aromatic N) is 1. The van der Waals surface area contributed by atoms with Crippen molar-refractivity contribution in [2.24, 2.45) is 11.8 Å². The van der Waals surface area contributed by atoms with Crippen molar-refractivity contribution in [3.8, 4) is 0 Å². The van der Waals surface area contributed by atoms with Crippen molar-refractivity contribution in [3.05, 3.63) is 22.4 Å². The van der Waals surface area contributed by atoms with Crippen LogP contribution in [0.15, 0.2) is 17.5 Å². The third kappa shape index (κ3) is 4.53. The second kappa shape index (κ2) is 6.94. The average molecular weight is 280 g/mol. The summed E-state index contributed by atoms with van der Waals surface area (Å²) in [5.41, 5.74) is 0. The Morgan fingerprint density at radius 2 is 2.21 bits per heavy atom. The summed E-state index contributed by atoms with van der Waals surface area (Å²) in [6.07, 6.45) is 3.44. The minimum absolute atomic E-state index is 0.114. The van der Waals surface area contributed by atoms with Crippen LogP contribution >= 0.6 is 11.3 Å². The van der Waals surface area contributed by atoms with Crippen LogP contribution in [-0.2, 0) is 6.42 Å². The largest absolute Gasteiger partial charge is 0.338 e. The lowest BCUT2D eigenvalue weighted by Crippen LogP contribution is -2.45. The normalized spacial score (nSPS) is 16.9. The van der Waals surface area contributed by atoms with Crippen molar-refractivity contribution in [2.45, 2.75) is 33.1 Å². The van der Waals surface area contributed by atoms with Gasteiger partial charge in [-0.25, -0.2) is 4.79 Å². The predicted octanol–water partition coefficient (Wildman–Crippen LogP) is 3.37. The summed E-state index contributed by atoms with van der Waals surface area (Å²) in [7, 11) is 0. The molecular weight excluding hydrogens is 256 g/mol. The lowest BCUT2D eigenvalue weighted by atomic mass is 9.93. The zero-order valence-corrected chi connectivity index (χ0v) is 12.7. The summed E-state index contributed by atoms with van der Waals surface area (Å²) in [6, 6.07) is 4.45. The van der Waals surface area contributed by atoms with Gasteiger partial charge in [-0.1, -0.05) is 19.9 Å². The van der Waals surface area contributed by atoms with Gasteiger partial charge in [0.15, 0.2) is 0 Å². The maximum absolute atomic E-state index is 11.9. The van der Waals surface area contributed by atoms with Crippen LogP contribution in [-0.4, -0.2) is 30.6 Å². The van der Waals surface area contributed by atoms with Gasteiger partial charge in [0.2, 0.25) is 0 Å². The van der Waals surface area contributed by atoms with Crippen molar-refractivity contribution in [1.29, 1.82) is 0 Å². The van der Waals surface area contributed by atoms with Crippen LogP contribution in [0.3, 0.4) is 0 Å². The molecule has 0 radical (unpaired) electrons. The molecular formula is C15H24N2OS. The highest BCUT2D eigenvalue weighted by molar-refractivity contribution is 7.09. The molecule has 4 heteroatoms. The van der Waals surface area contributed by atoms with Gasteiger partial charge in [-0.05, 0) is 42.5 Å². The molecule has 1 saturated heterocycles. The van der Waals surface area contributed by atoms with Crippen molar-refractivity contribution >= 4 is 17.4 Å². The first-order valence-corrected chi connectivity index (χ1v) is 8.08. The first-order chi connectivity index (χ1) is 9.15. The molecule has 1 aliphatic rings. The molecule has 1 aromatic rings. The maximum Gasteiger partial charge on any atom is 0.317 e. The minimum atomic E-state index is 0.114. The van der Waals surface area contributed by atoms with Crippen LogP contribution in [0.1, 0.15) is 31.6 Å². The van der Waals surface area contributed by atoms with Gasteiger partial charge >= 0.3 is 6.03 Å². The smallest absolute Gasteiger partial charge is 0.317 e. The molecule has 0 atom stereocenters. The second-order valence-corrected chi connectivity index (χ2v) is 6.83. The zero-order valence-electron chi connectivity index (χ0n) is 11.9. The topological polar surface area (TPSA) is 32.3 Å². The quantitative estimate of drug-likeness (QED) is 0.901. The molecule has 19 heavy (non-hydrogen) atoms. The van der Waals surface area contributed by atoms with Gasteiger partial charge in [0.1, 0.15) is 0 Å². The lowest BCUT2D eigenvalue weighted by Gasteiger charge is -2.32. The highest BCUT2D eigenvalue weighted by atomic mass is 32.1. The van der Waals surface area contributed by atoms with E-state index in [1.165, 1.54) is 11.3 Å². The SMILES string of the molecule is CC(C)CNC(=O)N1CCC(Cc2cccs2)CC1. The summed E-state index contributed by atoms with van der Waals surface area (Å²) < 4.78 is 0. The van der Waals surface area contributed by atoms with E-state index in [0.29, 0.717) is 5.92 Å². The summed E-state index contributed by atoms with van der Waals surface area (Å²) in [5.74, 6) is 1.26. The number of urea groups is 1. The highest BCUT2D eigenvalue weighted by Gasteiger charge is 2.22. The Hall–Kier alpha value is -1.03. The van der Waals surface area contributed by atoms with E-state index in [9.17, 15) is 4.79 Å². The van der Waals surface area contributed by atoms with E-state index in [4.69, 9.17) is 0 Å². The number of nitrogens with one attached hydrogen (secondary N) is 1. The minimum Gasteiger partial charge on any atom is -0.338 e. The monoisotopic (exact) mass is 280 g/mol. The fourth-order valence-electron chi connectivity index (χ4n) is 2.46. The summed E-state index contributed by atoms with van der Waals surface area (Å²) in [4.78, 5) is 15.4. The van der Waals surface area contributed by atoms with Crippen molar-refractivity contribution in [3.63, 3.8) is 0 Å². The van der Waals surface area contributed by atoms with Crippen LogP contribution in [0, 0.1) is 11.8 Å². The number of amides is 2. The number of hydrogen-bond donors (Lipinski definition) is 1. The molecule has 0 aromatic carbocycles. The summed E-state index contributed by atoms with van der Waals surface area (Å²) in [5, 5.41) is 5.14. The molecule has 0 bridgehead atoms. The molecule has 0 spiro atoms. The molecule has 0 unspecified atom stereocenters. The molecule has 0 saturated carbocycles. The molecule has 2 rings (SSSR count). The molecule has 1 N–H and O–H groups in total. The molecule has 1 aliphatic heterocycles. The Morgan fingerprint density at radius 1 is 1.47 bits per heavy atom. The van der Waals surface area contributed by atoms with Crippen LogP contribution < -0.4 is 5.32 Å². The van der Waals surface area contributed by atoms with E-state index in [1.807, 2.05) is 16.2 Å². The standard InChI is InChI=1S/C15H24N2OS/c1-12(2)11-16-15(18)17-7-5-13(6-8-17)10-14-4-3-9-19-14/h3-4,9,12-13H,5-8,10-11H2,1-2H3,(H,16,18). The van der Waals surface area contributed by atoms with Crippen LogP contribution in [0.5, 0.6) is 0 Å². The number of carbonyl (C=O) groups is 1. The van der Waals surface area contributed by atoms with Gasteiger partial charge < -0.3 is 10.2 Å². The number of piperidine rings is 1. The van der Waals surface area contributed by atoms with E-state index in [1.54, 1.807) is 0 Å². The molecule has 1 aromatic heterocycles. The summed E-state index contributed by atoms with van der Waals surface area (Å²) >= 11 is 1.84. The lowest BCUT2D eigenvalue weighted by molar-refractivity contribution is 0.169. The number of thiophene rings is 1. The van der Waals surface area contributed by atoms with Crippen LogP contribution in [0.4, 0.5) is 4.79 Å². The molecule has 2 heterocycles. The first-order valence-electron chi connectivity index (χ1n) is 7.20. The van der Waals surface area contributed by atoms with E-state index >= 15 is 0 Å². The zero-order chi connectivity index (χ0) is 13.7. The Labute approximate surface area is 120 Å². The number of carbonyl (C=O) groups excluding carboxylic acids is 1. The number of hydrogen-bond acceptors (Lipinski definition) is 2. The van der Waals surface area contributed by atoms with E-state index in [0.717, 1.165) is 38.4 Å². The predicted molar refractivity (Wildman–Crippen MR) is 80.6 cm³/mol. The molecule has 3 nitrogen and oxygen atoms in total. The van der Waals surface area contributed by atoms with E-state index < -0.39 is 0 Å². The molecule has 0 aliphatic carbocycles.